The molecule has 116 valence electrons. The van der Waals surface area contributed by atoms with Crippen molar-refractivity contribution in [3.63, 3.8) is 0 Å². The van der Waals surface area contributed by atoms with E-state index in [0.717, 1.165) is 23.2 Å². The van der Waals surface area contributed by atoms with Crippen molar-refractivity contribution >= 4 is 35.3 Å². The number of para-hydroxylation sites is 1. The first-order chi connectivity index (χ1) is 10.5. The van der Waals surface area contributed by atoms with Gasteiger partial charge in [0, 0.05) is 12.2 Å². The smallest absolute Gasteiger partial charge is 0.200 e. The highest BCUT2D eigenvalue weighted by Crippen LogP contribution is 2.44. The van der Waals surface area contributed by atoms with Crippen LogP contribution in [0.15, 0.2) is 35.5 Å². The Kier molecular flexibility index (Phi) is 3.99. The normalized spacial score (nSPS) is 16.7. The van der Waals surface area contributed by atoms with Crippen LogP contribution in [-0.4, -0.2) is 32.9 Å². The molecule has 1 aromatic heterocycles. The van der Waals surface area contributed by atoms with Crippen molar-refractivity contribution in [2.45, 2.75) is 30.7 Å². The van der Waals surface area contributed by atoms with Crippen LogP contribution in [-0.2, 0) is 0 Å². The van der Waals surface area contributed by atoms with E-state index in [-0.39, 0.29) is 5.78 Å². The van der Waals surface area contributed by atoms with Gasteiger partial charge in [0.2, 0.25) is 5.78 Å². The van der Waals surface area contributed by atoms with Crippen molar-refractivity contribution in [2.24, 2.45) is 0 Å². The van der Waals surface area contributed by atoms with Crippen molar-refractivity contribution in [3.8, 4) is 5.69 Å². The standard InChI is InChI=1S/C16H19N3OS2/c1-5-18-14-12(13(20)16(2,3)22-18)19(15(17-14)21-4)11-9-7-6-8-10-11/h6-10H,5H2,1-4H3. The Morgan fingerprint density at radius 3 is 2.55 bits per heavy atom. The monoisotopic (exact) mass is 333 g/mol. The zero-order valence-corrected chi connectivity index (χ0v) is 14.8. The van der Waals surface area contributed by atoms with Gasteiger partial charge in [-0.1, -0.05) is 30.0 Å². The number of benzene rings is 1. The lowest BCUT2D eigenvalue weighted by molar-refractivity contribution is 0.0949. The Balaban J connectivity index is 2.28. The van der Waals surface area contributed by atoms with Gasteiger partial charge in [0.15, 0.2) is 11.0 Å². The topological polar surface area (TPSA) is 38.1 Å². The number of rotatable bonds is 3. The molecule has 0 bridgehead atoms. The Morgan fingerprint density at radius 1 is 1.27 bits per heavy atom. The fraction of sp³-hybridized carbons (Fsp3) is 0.375. The molecule has 1 aliphatic heterocycles. The Morgan fingerprint density at radius 2 is 1.95 bits per heavy atom. The minimum absolute atomic E-state index is 0.133. The second-order valence-electron chi connectivity index (χ2n) is 5.57. The number of anilines is 1. The lowest BCUT2D eigenvalue weighted by Crippen LogP contribution is -2.40. The molecule has 22 heavy (non-hydrogen) atoms. The number of fused-ring (bicyclic) bond motifs is 1. The molecule has 0 saturated carbocycles. The molecule has 0 fully saturated rings. The predicted molar refractivity (Wildman–Crippen MR) is 94.4 cm³/mol. The van der Waals surface area contributed by atoms with Gasteiger partial charge in [-0.05, 0) is 51.1 Å². The van der Waals surface area contributed by atoms with Gasteiger partial charge >= 0.3 is 0 Å². The summed E-state index contributed by atoms with van der Waals surface area (Å²) in [6.45, 7) is 6.86. The van der Waals surface area contributed by atoms with Crippen LogP contribution in [0.5, 0.6) is 0 Å². The highest BCUT2D eigenvalue weighted by molar-refractivity contribution is 8.02. The van der Waals surface area contributed by atoms with Crippen LogP contribution >= 0.6 is 23.7 Å². The van der Waals surface area contributed by atoms with Gasteiger partial charge in [-0.15, -0.1) is 0 Å². The summed E-state index contributed by atoms with van der Waals surface area (Å²) in [7, 11) is 0. The first kappa shape index (κ1) is 15.5. The highest BCUT2D eigenvalue weighted by atomic mass is 32.2. The first-order valence-corrected chi connectivity index (χ1v) is 9.23. The minimum atomic E-state index is -0.481. The number of imidazole rings is 1. The molecular formula is C16H19N3OS2. The van der Waals surface area contributed by atoms with Crippen LogP contribution in [0, 0.1) is 0 Å². The maximum Gasteiger partial charge on any atom is 0.200 e. The molecule has 2 heterocycles. The van der Waals surface area contributed by atoms with Gasteiger partial charge in [0.1, 0.15) is 5.69 Å². The zero-order valence-electron chi connectivity index (χ0n) is 13.2. The van der Waals surface area contributed by atoms with Crippen LogP contribution in [0.3, 0.4) is 0 Å². The molecule has 0 aliphatic carbocycles. The summed E-state index contributed by atoms with van der Waals surface area (Å²) in [6, 6.07) is 9.97. The number of nitrogens with zero attached hydrogens (tertiary/aromatic N) is 3. The maximum absolute atomic E-state index is 13.0. The van der Waals surface area contributed by atoms with Crippen molar-refractivity contribution in [2.75, 3.05) is 17.1 Å². The van der Waals surface area contributed by atoms with E-state index in [1.807, 2.05) is 55.0 Å². The first-order valence-electron chi connectivity index (χ1n) is 7.23. The van der Waals surface area contributed by atoms with Crippen LogP contribution in [0.4, 0.5) is 5.82 Å². The number of carbonyl (C=O) groups excluding carboxylic acids is 1. The Bertz CT molecular complexity index is 710. The highest BCUT2D eigenvalue weighted by Gasteiger charge is 2.43. The molecule has 0 amide bonds. The third kappa shape index (κ3) is 2.34. The molecule has 0 saturated heterocycles. The van der Waals surface area contributed by atoms with Gasteiger partial charge in [0.25, 0.3) is 0 Å². The number of carbonyl (C=O) groups is 1. The molecule has 0 unspecified atom stereocenters. The average molecular weight is 333 g/mol. The quantitative estimate of drug-likeness (QED) is 0.626. The molecular weight excluding hydrogens is 314 g/mol. The van der Waals surface area contributed by atoms with Gasteiger partial charge < -0.3 is 0 Å². The van der Waals surface area contributed by atoms with E-state index in [4.69, 9.17) is 4.98 Å². The lowest BCUT2D eigenvalue weighted by atomic mass is 10.0. The molecule has 1 aliphatic rings. The third-order valence-electron chi connectivity index (χ3n) is 3.65. The van der Waals surface area contributed by atoms with E-state index >= 15 is 0 Å². The van der Waals surface area contributed by atoms with Gasteiger partial charge in [-0.2, -0.15) is 0 Å². The molecule has 3 rings (SSSR count). The molecule has 6 heteroatoms. The summed E-state index contributed by atoms with van der Waals surface area (Å²) in [4.78, 5) is 17.7. The van der Waals surface area contributed by atoms with Crippen molar-refractivity contribution in [3.05, 3.63) is 36.0 Å². The predicted octanol–water partition coefficient (Wildman–Crippen LogP) is 4.04. The maximum atomic E-state index is 13.0. The molecule has 4 nitrogen and oxygen atoms in total. The lowest BCUT2D eigenvalue weighted by Gasteiger charge is -2.35. The summed E-state index contributed by atoms with van der Waals surface area (Å²) < 4.78 is 3.63. The van der Waals surface area contributed by atoms with E-state index in [0.29, 0.717) is 5.69 Å². The molecule has 1 aromatic carbocycles. The Labute approximate surface area is 139 Å². The SMILES string of the molecule is CCN1SC(C)(C)C(=O)c2c1nc(SC)n2-c1ccccc1. The van der Waals surface area contributed by atoms with E-state index in [1.54, 1.807) is 23.7 Å². The molecule has 0 spiro atoms. The van der Waals surface area contributed by atoms with Gasteiger partial charge in [-0.25, -0.2) is 4.98 Å². The number of hydrogen-bond acceptors (Lipinski definition) is 5. The van der Waals surface area contributed by atoms with E-state index in [2.05, 4.69) is 11.2 Å². The van der Waals surface area contributed by atoms with Gasteiger partial charge in [-0.3, -0.25) is 13.7 Å². The Hall–Kier alpha value is -1.40. The molecule has 0 atom stereocenters. The second-order valence-corrected chi connectivity index (χ2v) is 7.98. The van der Waals surface area contributed by atoms with Crippen LogP contribution in [0.25, 0.3) is 5.69 Å². The fourth-order valence-electron chi connectivity index (χ4n) is 2.58. The number of thioether (sulfide) groups is 1. The molecule has 0 radical (unpaired) electrons. The second kappa shape index (κ2) is 5.66. The number of hydrogen-bond donors (Lipinski definition) is 0. The molecule has 0 N–H and O–H groups in total. The van der Waals surface area contributed by atoms with E-state index in [9.17, 15) is 4.79 Å². The van der Waals surface area contributed by atoms with Gasteiger partial charge in [0.05, 0.1) is 4.75 Å². The number of Topliss-reactive ketones (excluding diaryl/α,β-unsaturated/α-hetero) is 1. The average Bonchev–Trinajstić information content (AvgIpc) is 2.91. The summed E-state index contributed by atoms with van der Waals surface area (Å²) in [5.74, 6) is 0.916. The zero-order chi connectivity index (χ0) is 15.9. The van der Waals surface area contributed by atoms with Crippen LogP contribution in [0.1, 0.15) is 31.3 Å². The van der Waals surface area contributed by atoms with Crippen molar-refractivity contribution in [1.29, 1.82) is 0 Å². The van der Waals surface area contributed by atoms with Crippen molar-refractivity contribution < 1.29 is 4.79 Å². The molecule has 2 aromatic rings. The number of aromatic nitrogens is 2. The minimum Gasteiger partial charge on any atom is -0.298 e. The van der Waals surface area contributed by atoms with Crippen molar-refractivity contribution in [1.82, 2.24) is 9.55 Å². The third-order valence-corrected chi connectivity index (χ3v) is 5.58. The summed E-state index contributed by atoms with van der Waals surface area (Å²) in [6.07, 6.45) is 1.99. The largest absolute Gasteiger partial charge is 0.298 e. The van der Waals surface area contributed by atoms with Crippen LogP contribution in [0.2, 0.25) is 0 Å². The fourth-order valence-corrected chi connectivity index (χ4v) is 4.21. The van der Waals surface area contributed by atoms with Crippen LogP contribution < -0.4 is 4.31 Å². The van der Waals surface area contributed by atoms with E-state index in [1.165, 1.54) is 0 Å². The number of ketones is 1. The van der Waals surface area contributed by atoms with E-state index < -0.39 is 4.75 Å². The summed E-state index contributed by atoms with van der Waals surface area (Å²) >= 11 is 3.13. The summed E-state index contributed by atoms with van der Waals surface area (Å²) in [5.41, 5.74) is 1.67. The summed E-state index contributed by atoms with van der Waals surface area (Å²) in [5, 5.41) is 0.848.